The summed E-state index contributed by atoms with van der Waals surface area (Å²) in [4.78, 5) is 12.3. The summed E-state index contributed by atoms with van der Waals surface area (Å²) in [6, 6.07) is 22.9. The van der Waals surface area contributed by atoms with Gasteiger partial charge >= 0.3 is 0 Å². The maximum Gasteiger partial charge on any atom is 0.162 e. The Balaban J connectivity index is 1.63. The van der Waals surface area contributed by atoms with E-state index in [9.17, 15) is 4.79 Å². The van der Waals surface area contributed by atoms with Crippen molar-refractivity contribution in [2.75, 3.05) is 0 Å². The molecular weight excluding hydrogens is 292 g/mol. The Hall–Kier alpha value is -2.41. The SMILES string of the molecule is Cc1cccc(C(=O)CCC[C@H](C)c2cccc3ccccc23)c1. The molecule has 1 atom stereocenters. The highest BCUT2D eigenvalue weighted by Gasteiger charge is 2.11. The molecule has 0 aliphatic rings. The lowest BCUT2D eigenvalue weighted by atomic mass is 9.90. The molecule has 1 nitrogen and oxygen atoms in total. The quantitative estimate of drug-likeness (QED) is 0.487. The van der Waals surface area contributed by atoms with Gasteiger partial charge in [0.1, 0.15) is 0 Å². The van der Waals surface area contributed by atoms with Crippen molar-refractivity contribution < 1.29 is 4.79 Å². The summed E-state index contributed by atoms with van der Waals surface area (Å²) < 4.78 is 0. The monoisotopic (exact) mass is 316 g/mol. The second-order valence-corrected chi connectivity index (χ2v) is 6.65. The molecule has 0 bridgehead atoms. The Bertz CT molecular complexity index is 842. The predicted octanol–water partition coefficient (Wildman–Crippen LogP) is 6.30. The maximum atomic E-state index is 12.3. The second kappa shape index (κ2) is 7.44. The number of hydrogen-bond acceptors (Lipinski definition) is 1. The van der Waals surface area contributed by atoms with Crippen LogP contribution in [0.15, 0.2) is 66.7 Å². The normalized spacial score (nSPS) is 12.2. The number of carbonyl (C=O) groups excluding carboxylic acids is 1. The summed E-state index contributed by atoms with van der Waals surface area (Å²) >= 11 is 0. The lowest BCUT2D eigenvalue weighted by Crippen LogP contribution is -2.01. The summed E-state index contributed by atoms with van der Waals surface area (Å²) in [5.41, 5.74) is 3.37. The number of fused-ring (bicyclic) bond motifs is 1. The third-order valence-electron chi connectivity index (χ3n) is 4.74. The number of benzene rings is 3. The standard InChI is InChI=1S/C23H24O/c1-17-8-5-12-20(16-17)23(24)15-6-9-18(2)21-14-7-11-19-10-3-4-13-22(19)21/h3-5,7-8,10-14,16,18H,6,9,15H2,1-2H3/t18-/m0/s1. The Morgan fingerprint density at radius 2 is 1.71 bits per heavy atom. The first-order valence-electron chi connectivity index (χ1n) is 8.72. The fourth-order valence-electron chi connectivity index (χ4n) is 3.37. The summed E-state index contributed by atoms with van der Waals surface area (Å²) in [5, 5.41) is 2.62. The summed E-state index contributed by atoms with van der Waals surface area (Å²) in [7, 11) is 0. The van der Waals surface area contributed by atoms with Gasteiger partial charge < -0.3 is 0 Å². The Morgan fingerprint density at radius 1 is 0.958 bits per heavy atom. The minimum absolute atomic E-state index is 0.254. The molecule has 0 aliphatic carbocycles. The van der Waals surface area contributed by atoms with Crippen LogP contribution in [-0.2, 0) is 0 Å². The van der Waals surface area contributed by atoms with Crippen molar-refractivity contribution in [3.05, 3.63) is 83.4 Å². The number of Topliss-reactive ketones (excluding diaryl/α,β-unsaturated/α-hetero) is 1. The van der Waals surface area contributed by atoms with Crippen molar-refractivity contribution in [1.82, 2.24) is 0 Å². The Kier molecular flexibility index (Phi) is 5.10. The van der Waals surface area contributed by atoms with Crippen LogP contribution in [0.5, 0.6) is 0 Å². The lowest BCUT2D eigenvalue weighted by molar-refractivity contribution is 0.0979. The summed E-state index contributed by atoms with van der Waals surface area (Å²) in [6.45, 7) is 4.29. The van der Waals surface area contributed by atoms with Crippen LogP contribution in [0.4, 0.5) is 0 Å². The van der Waals surface area contributed by atoms with E-state index in [1.54, 1.807) is 0 Å². The fourth-order valence-corrected chi connectivity index (χ4v) is 3.37. The van der Waals surface area contributed by atoms with Gasteiger partial charge in [-0.15, -0.1) is 0 Å². The van der Waals surface area contributed by atoms with Gasteiger partial charge in [-0.25, -0.2) is 0 Å². The largest absolute Gasteiger partial charge is 0.294 e. The molecule has 0 unspecified atom stereocenters. The highest BCUT2D eigenvalue weighted by molar-refractivity contribution is 5.96. The van der Waals surface area contributed by atoms with E-state index in [1.807, 2.05) is 31.2 Å². The van der Waals surface area contributed by atoms with Gasteiger partial charge in [0, 0.05) is 12.0 Å². The van der Waals surface area contributed by atoms with E-state index in [4.69, 9.17) is 0 Å². The van der Waals surface area contributed by atoms with Crippen molar-refractivity contribution in [3.8, 4) is 0 Å². The molecular formula is C23H24O. The maximum absolute atomic E-state index is 12.3. The van der Waals surface area contributed by atoms with Gasteiger partial charge in [-0.3, -0.25) is 4.79 Å². The van der Waals surface area contributed by atoms with Gasteiger partial charge in [0.2, 0.25) is 0 Å². The summed E-state index contributed by atoms with van der Waals surface area (Å²) in [5.74, 6) is 0.713. The van der Waals surface area contributed by atoms with E-state index in [-0.39, 0.29) is 5.78 Å². The Morgan fingerprint density at radius 3 is 2.54 bits per heavy atom. The molecule has 122 valence electrons. The van der Waals surface area contributed by atoms with E-state index in [0.29, 0.717) is 12.3 Å². The highest BCUT2D eigenvalue weighted by atomic mass is 16.1. The van der Waals surface area contributed by atoms with Crippen molar-refractivity contribution in [3.63, 3.8) is 0 Å². The molecule has 0 radical (unpaired) electrons. The first kappa shape index (κ1) is 16.4. The zero-order valence-electron chi connectivity index (χ0n) is 14.5. The van der Waals surface area contributed by atoms with Crippen LogP contribution >= 0.6 is 0 Å². The van der Waals surface area contributed by atoms with Gasteiger partial charge in [-0.2, -0.15) is 0 Å². The first-order chi connectivity index (χ1) is 11.6. The number of aryl methyl sites for hydroxylation is 1. The van der Waals surface area contributed by atoms with Gasteiger partial charge in [0.15, 0.2) is 5.78 Å². The van der Waals surface area contributed by atoms with E-state index >= 15 is 0 Å². The van der Waals surface area contributed by atoms with Crippen LogP contribution in [0.25, 0.3) is 10.8 Å². The average molecular weight is 316 g/mol. The lowest BCUT2D eigenvalue weighted by Gasteiger charge is -2.14. The molecule has 3 aromatic rings. The van der Waals surface area contributed by atoms with Gasteiger partial charge in [0.25, 0.3) is 0 Å². The smallest absolute Gasteiger partial charge is 0.162 e. The van der Waals surface area contributed by atoms with Crippen molar-refractivity contribution >= 4 is 16.6 Å². The van der Waals surface area contributed by atoms with Crippen molar-refractivity contribution in [1.29, 1.82) is 0 Å². The fraction of sp³-hybridized carbons (Fsp3) is 0.261. The zero-order valence-corrected chi connectivity index (χ0v) is 14.5. The number of ketones is 1. The van der Waals surface area contributed by atoms with Crippen molar-refractivity contribution in [2.45, 2.75) is 39.0 Å². The zero-order chi connectivity index (χ0) is 16.9. The molecule has 3 rings (SSSR count). The molecule has 1 heteroatoms. The molecule has 0 spiro atoms. The molecule has 0 fully saturated rings. The molecule has 24 heavy (non-hydrogen) atoms. The molecule has 0 N–H and O–H groups in total. The molecule has 0 saturated heterocycles. The molecule has 0 heterocycles. The third-order valence-corrected chi connectivity index (χ3v) is 4.74. The molecule has 0 amide bonds. The minimum Gasteiger partial charge on any atom is -0.294 e. The highest BCUT2D eigenvalue weighted by Crippen LogP contribution is 2.29. The van der Waals surface area contributed by atoms with Crippen LogP contribution in [0.2, 0.25) is 0 Å². The number of hydrogen-bond donors (Lipinski definition) is 0. The van der Waals surface area contributed by atoms with Gasteiger partial charge in [0.05, 0.1) is 0 Å². The van der Waals surface area contributed by atoms with E-state index in [1.165, 1.54) is 16.3 Å². The second-order valence-electron chi connectivity index (χ2n) is 6.65. The van der Waals surface area contributed by atoms with Crippen molar-refractivity contribution in [2.24, 2.45) is 0 Å². The van der Waals surface area contributed by atoms with Gasteiger partial charge in [-0.05, 0) is 48.1 Å². The Labute approximate surface area is 144 Å². The molecule has 0 aromatic heterocycles. The van der Waals surface area contributed by atoms with Gasteiger partial charge in [-0.1, -0.05) is 73.2 Å². The minimum atomic E-state index is 0.254. The molecule has 0 aliphatic heterocycles. The van der Waals surface area contributed by atoms with Crippen LogP contribution in [0, 0.1) is 6.92 Å². The predicted molar refractivity (Wildman–Crippen MR) is 102 cm³/mol. The third kappa shape index (κ3) is 3.73. The molecule has 0 saturated carbocycles. The van der Waals surface area contributed by atoms with Crippen LogP contribution in [0.1, 0.15) is 53.6 Å². The number of carbonyl (C=O) groups is 1. The van der Waals surface area contributed by atoms with Crippen LogP contribution in [-0.4, -0.2) is 5.78 Å². The molecule has 3 aromatic carbocycles. The van der Waals surface area contributed by atoms with E-state index in [2.05, 4.69) is 49.4 Å². The average Bonchev–Trinajstić information content (AvgIpc) is 2.61. The van der Waals surface area contributed by atoms with E-state index in [0.717, 1.165) is 24.0 Å². The number of rotatable bonds is 6. The summed E-state index contributed by atoms with van der Waals surface area (Å²) in [6.07, 6.45) is 2.58. The van der Waals surface area contributed by atoms with Crippen LogP contribution in [0.3, 0.4) is 0 Å². The first-order valence-corrected chi connectivity index (χ1v) is 8.72. The van der Waals surface area contributed by atoms with E-state index < -0.39 is 0 Å². The topological polar surface area (TPSA) is 17.1 Å². The van der Waals surface area contributed by atoms with Crippen LogP contribution < -0.4 is 0 Å².